The van der Waals surface area contributed by atoms with Gasteiger partial charge in [0.25, 0.3) is 5.91 Å². The molecule has 1 unspecified atom stereocenters. The summed E-state index contributed by atoms with van der Waals surface area (Å²) in [5, 5.41) is 0.595. The SMILES string of the molecule is COc1cccc2sc(N(CCCN(C)C)C(=O)c3ccc(S(=O)(=O)N4CCCCC4C)cc3)nc12.Cl. The molecule has 0 bridgehead atoms. The molecule has 1 fully saturated rings. The molecule has 2 aromatic carbocycles. The number of methoxy groups -OCH3 is 1. The van der Waals surface area contributed by atoms with Crippen molar-refractivity contribution in [1.29, 1.82) is 0 Å². The number of sulfonamides is 1. The van der Waals surface area contributed by atoms with Crippen molar-refractivity contribution in [3.63, 3.8) is 0 Å². The van der Waals surface area contributed by atoms with E-state index in [4.69, 9.17) is 9.72 Å². The highest BCUT2D eigenvalue weighted by Gasteiger charge is 2.31. The molecular weight excluding hydrogens is 532 g/mol. The Morgan fingerprint density at radius 1 is 1.14 bits per heavy atom. The molecule has 0 radical (unpaired) electrons. The summed E-state index contributed by atoms with van der Waals surface area (Å²) in [5.74, 6) is 0.458. The summed E-state index contributed by atoms with van der Waals surface area (Å²) in [6.45, 7) is 3.80. The van der Waals surface area contributed by atoms with E-state index in [0.29, 0.717) is 29.5 Å². The molecular formula is C26H35ClN4O4S2. The quantitative estimate of drug-likeness (QED) is 0.367. The number of carbonyl (C=O) groups is 1. The number of amides is 1. The predicted octanol–water partition coefficient (Wildman–Crippen LogP) is 4.89. The summed E-state index contributed by atoms with van der Waals surface area (Å²) in [7, 11) is 2.00. The summed E-state index contributed by atoms with van der Waals surface area (Å²) in [6.07, 6.45) is 3.55. The van der Waals surface area contributed by atoms with Crippen LogP contribution in [-0.4, -0.2) is 75.4 Å². The van der Waals surface area contributed by atoms with E-state index in [1.54, 1.807) is 40.6 Å². The number of hydrogen-bond acceptors (Lipinski definition) is 7. The zero-order valence-electron chi connectivity index (χ0n) is 21.7. The van der Waals surface area contributed by atoms with E-state index in [0.717, 1.165) is 42.4 Å². The lowest BCUT2D eigenvalue weighted by Crippen LogP contribution is -2.41. The molecule has 0 aliphatic carbocycles. The van der Waals surface area contributed by atoms with E-state index < -0.39 is 10.0 Å². The first-order valence-corrected chi connectivity index (χ1v) is 14.5. The number of para-hydroxylation sites is 1. The fraction of sp³-hybridized carbons (Fsp3) is 0.462. The highest BCUT2D eigenvalue weighted by atomic mass is 35.5. The first-order valence-electron chi connectivity index (χ1n) is 12.2. The summed E-state index contributed by atoms with van der Waals surface area (Å²) in [4.78, 5) is 22.4. The molecule has 1 aliphatic rings. The van der Waals surface area contributed by atoms with Gasteiger partial charge >= 0.3 is 0 Å². The molecule has 0 spiro atoms. The lowest BCUT2D eigenvalue weighted by Gasteiger charge is -2.32. The molecule has 1 aromatic heterocycles. The van der Waals surface area contributed by atoms with Crippen LogP contribution < -0.4 is 9.64 Å². The largest absolute Gasteiger partial charge is 0.494 e. The van der Waals surface area contributed by atoms with E-state index in [1.165, 1.54) is 11.3 Å². The van der Waals surface area contributed by atoms with E-state index in [1.807, 2.05) is 39.2 Å². The van der Waals surface area contributed by atoms with Gasteiger partial charge in [-0.2, -0.15) is 4.31 Å². The average Bonchev–Trinajstić information content (AvgIpc) is 3.30. The van der Waals surface area contributed by atoms with Crippen LogP contribution in [-0.2, 0) is 10.0 Å². The van der Waals surface area contributed by atoms with Crippen molar-refractivity contribution in [3.05, 3.63) is 48.0 Å². The van der Waals surface area contributed by atoms with Gasteiger partial charge in [-0.25, -0.2) is 13.4 Å². The molecule has 8 nitrogen and oxygen atoms in total. The van der Waals surface area contributed by atoms with Crippen LogP contribution in [0.2, 0.25) is 0 Å². The van der Waals surface area contributed by atoms with Gasteiger partial charge in [0.05, 0.1) is 16.7 Å². The first kappa shape index (κ1) is 29.3. The molecule has 1 atom stereocenters. The Hall–Kier alpha value is -2.24. The van der Waals surface area contributed by atoms with Crippen LogP contribution in [0.3, 0.4) is 0 Å². The molecule has 3 aromatic rings. The van der Waals surface area contributed by atoms with Gasteiger partial charge in [0.1, 0.15) is 11.3 Å². The molecule has 1 aliphatic heterocycles. The monoisotopic (exact) mass is 566 g/mol. The van der Waals surface area contributed by atoms with Gasteiger partial charge in [0, 0.05) is 24.7 Å². The van der Waals surface area contributed by atoms with Gasteiger partial charge in [-0.1, -0.05) is 23.8 Å². The fourth-order valence-corrected chi connectivity index (χ4v) is 7.22. The maximum absolute atomic E-state index is 13.7. The van der Waals surface area contributed by atoms with Crippen LogP contribution >= 0.6 is 23.7 Å². The molecule has 0 N–H and O–H groups in total. The average molecular weight is 567 g/mol. The van der Waals surface area contributed by atoms with Crippen molar-refractivity contribution in [3.8, 4) is 5.75 Å². The number of hydrogen-bond donors (Lipinski definition) is 0. The molecule has 202 valence electrons. The van der Waals surface area contributed by atoms with E-state index >= 15 is 0 Å². The maximum Gasteiger partial charge on any atom is 0.260 e. The minimum absolute atomic E-state index is 0. The molecule has 0 saturated carbocycles. The standard InChI is InChI=1S/C26H34N4O4S2.ClH/c1-19-9-5-6-18-30(19)36(32,33)21-14-12-20(13-15-21)25(31)29(17-8-16-28(2)3)26-27-24-22(34-4)10-7-11-23(24)35-26;/h7,10-15,19H,5-6,8-9,16-18H2,1-4H3;1H. The van der Waals surface area contributed by atoms with E-state index in [2.05, 4.69) is 4.90 Å². The minimum atomic E-state index is -3.60. The Morgan fingerprint density at radius 3 is 2.51 bits per heavy atom. The highest BCUT2D eigenvalue weighted by molar-refractivity contribution is 7.89. The fourth-order valence-electron chi connectivity index (χ4n) is 4.51. The highest BCUT2D eigenvalue weighted by Crippen LogP contribution is 2.35. The third kappa shape index (κ3) is 6.43. The van der Waals surface area contributed by atoms with Gasteiger partial charge in [0.15, 0.2) is 5.13 Å². The van der Waals surface area contributed by atoms with E-state index in [-0.39, 0.29) is 29.3 Å². The molecule has 1 amide bonds. The first-order chi connectivity index (χ1) is 17.2. The molecule has 1 saturated heterocycles. The Balaban J connectivity index is 0.00000380. The van der Waals surface area contributed by atoms with Crippen LogP contribution in [0.1, 0.15) is 43.0 Å². The summed E-state index contributed by atoms with van der Waals surface area (Å²) in [5.41, 5.74) is 1.15. The van der Waals surface area contributed by atoms with Gasteiger partial charge in [-0.15, -0.1) is 12.4 Å². The Kier molecular flexibility index (Phi) is 9.93. The summed E-state index contributed by atoms with van der Waals surface area (Å²) < 4.78 is 34.4. The van der Waals surface area contributed by atoms with Crippen molar-refractivity contribution in [2.45, 2.75) is 43.5 Å². The molecule has 4 rings (SSSR count). The zero-order chi connectivity index (χ0) is 25.9. The number of halogens is 1. The third-order valence-electron chi connectivity index (χ3n) is 6.50. The molecule has 2 heterocycles. The van der Waals surface area contributed by atoms with Crippen molar-refractivity contribution in [1.82, 2.24) is 14.2 Å². The second-order valence-corrected chi connectivity index (χ2v) is 12.3. The van der Waals surface area contributed by atoms with E-state index in [9.17, 15) is 13.2 Å². The van der Waals surface area contributed by atoms with Crippen molar-refractivity contribution < 1.29 is 17.9 Å². The van der Waals surface area contributed by atoms with Crippen molar-refractivity contribution in [2.75, 3.05) is 45.7 Å². The van der Waals surface area contributed by atoms with Crippen LogP contribution in [0.4, 0.5) is 5.13 Å². The van der Waals surface area contributed by atoms with Crippen LogP contribution in [0.25, 0.3) is 10.2 Å². The molecule has 11 heteroatoms. The number of nitrogens with zero attached hydrogens (tertiary/aromatic N) is 4. The van der Waals surface area contributed by atoms with Crippen LogP contribution in [0.5, 0.6) is 5.75 Å². The summed E-state index contributed by atoms with van der Waals surface area (Å²) in [6, 6.07) is 12.0. The minimum Gasteiger partial charge on any atom is -0.494 e. The lowest BCUT2D eigenvalue weighted by atomic mass is 10.1. The van der Waals surface area contributed by atoms with Gasteiger partial charge < -0.3 is 9.64 Å². The topological polar surface area (TPSA) is 83.0 Å². The maximum atomic E-state index is 13.7. The van der Waals surface area contributed by atoms with Crippen LogP contribution in [0, 0.1) is 0 Å². The normalized spacial score (nSPS) is 16.5. The number of aromatic nitrogens is 1. The Bertz CT molecular complexity index is 1310. The van der Waals surface area contributed by atoms with Gasteiger partial charge in [-0.3, -0.25) is 9.69 Å². The van der Waals surface area contributed by atoms with Crippen molar-refractivity contribution >= 4 is 55.0 Å². The zero-order valence-corrected chi connectivity index (χ0v) is 24.2. The number of carbonyl (C=O) groups excluding carboxylic acids is 1. The predicted molar refractivity (Wildman–Crippen MR) is 152 cm³/mol. The number of ether oxygens (including phenoxy) is 1. The number of benzene rings is 2. The second-order valence-electron chi connectivity index (χ2n) is 9.40. The molecule has 37 heavy (non-hydrogen) atoms. The van der Waals surface area contributed by atoms with Crippen molar-refractivity contribution in [2.24, 2.45) is 0 Å². The smallest absolute Gasteiger partial charge is 0.260 e. The third-order valence-corrected chi connectivity index (χ3v) is 9.57. The summed E-state index contributed by atoms with van der Waals surface area (Å²) >= 11 is 1.44. The number of fused-ring (bicyclic) bond motifs is 1. The second kappa shape index (κ2) is 12.5. The Morgan fingerprint density at radius 2 is 1.86 bits per heavy atom. The number of anilines is 1. The van der Waals surface area contributed by atoms with Gasteiger partial charge in [0.2, 0.25) is 10.0 Å². The number of piperidine rings is 1. The van der Waals surface area contributed by atoms with Crippen LogP contribution in [0.15, 0.2) is 47.4 Å². The number of rotatable bonds is 9. The lowest BCUT2D eigenvalue weighted by molar-refractivity contribution is 0.0986. The Labute approximate surface area is 229 Å². The number of thiazole rings is 1. The van der Waals surface area contributed by atoms with Gasteiger partial charge in [-0.05, 0) is 83.2 Å².